The maximum atomic E-state index is 13.2. The number of ketones is 1. The number of hydrogen-bond acceptors (Lipinski definition) is 3. The van der Waals surface area contributed by atoms with E-state index in [1.54, 1.807) is 0 Å². The third kappa shape index (κ3) is 5.66. The molecule has 168 valence electrons. The molecule has 0 aliphatic heterocycles. The van der Waals surface area contributed by atoms with Crippen LogP contribution in [-0.2, 0) is 5.41 Å². The van der Waals surface area contributed by atoms with E-state index in [4.69, 9.17) is 4.74 Å². The van der Waals surface area contributed by atoms with Crippen molar-refractivity contribution in [3.8, 4) is 5.75 Å². The van der Waals surface area contributed by atoms with Crippen molar-refractivity contribution in [3.63, 3.8) is 0 Å². The van der Waals surface area contributed by atoms with Gasteiger partial charge in [0.2, 0.25) is 0 Å². The van der Waals surface area contributed by atoms with E-state index >= 15 is 0 Å². The SMILES string of the molecule is CCN(CC)CCOc1ccc(C(C)(CC(=O)c2ccccc2)c2ccccc2)cc1C. The van der Waals surface area contributed by atoms with Gasteiger partial charge in [-0.15, -0.1) is 0 Å². The van der Waals surface area contributed by atoms with Gasteiger partial charge < -0.3 is 9.64 Å². The lowest BCUT2D eigenvalue weighted by Crippen LogP contribution is -2.28. The number of nitrogens with zero attached hydrogens (tertiary/aromatic N) is 1. The number of likely N-dealkylation sites (N-methyl/N-ethyl adjacent to an activating group) is 1. The molecule has 3 aromatic carbocycles. The van der Waals surface area contributed by atoms with Crippen LogP contribution in [0.15, 0.2) is 78.9 Å². The smallest absolute Gasteiger partial charge is 0.164 e. The quantitative estimate of drug-likeness (QED) is 0.335. The minimum Gasteiger partial charge on any atom is -0.492 e. The van der Waals surface area contributed by atoms with Gasteiger partial charge in [0.25, 0.3) is 0 Å². The van der Waals surface area contributed by atoms with E-state index in [2.05, 4.69) is 62.9 Å². The third-order valence-electron chi connectivity index (χ3n) is 6.39. The first kappa shape index (κ1) is 23.7. The fourth-order valence-electron chi connectivity index (χ4n) is 4.20. The standard InChI is InChI=1S/C29H35NO2/c1-5-30(6-2)19-20-32-28-18-17-26(21-23(28)3)29(4,25-15-11-8-12-16-25)22-27(31)24-13-9-7-10-14-24/h7-18,21H,5-6,19-20,22H2,1-4H3. The number of benzene rings is 3. The van der Waals surface area contributed by atoms with Crippen LogP contribution in [0, 0.1) is 6.92 Å². The van der Waals surface area contributed by atoms with E-state index in [1.807, 2.05) is 48.5 Å². The van der Waals surface area contributed by atoms with Crippen LogP contribution in [-0.4, -0.2) is 36.9 Å². The second-order valence-corrected chi connectivity index (χ2v) is 8.52. The highest BCUT2D eigenvalue weighted by Gasteiger charge is 2.32. The summed E-state index contributed by atoms with van der Waals surface area (Å²) in [7, 11) is 0. The minimum atomic E-state index is -0.432. The molecule has 0 bridgehead atoms. The zero-order valence-electron chi connectivity index (χ0n) is 19.8. The molecule has 1 unspecified atom stereocenters. The number of rotatable bonds is 11. The topological polar surface area (TPSA) is 29.5 Å². The molecular formula is C29H35NO2. The first-order chi connectivity index (χ1) is 15.5. The van der Waals surface area contributed by atoms with Crippen molar-refractivity contribution in [2.24, 2.45) is 0 Å². The summed E-state index contributed by atoms with van der Waals surface area (Å²) in [6.45, 7) is 12.2. The molecule has 1 atom stereocenters. The minimum absolute atomic E-state index is 0.147. The molecule has 0 heterocycles. The molecule has 0 spiro atoms. The zero-order valence-corrected chi connectivity index (χ0v) is 19.8. The second-order valence-electron chi connectivity index (χ2n) is 8.52. The summed E-state index contributed by atoms with van der Waals surface area (Å²) in [6.07, 6.45) is 0.405. The van der Waals surface area contributed by atoms with Crippen LogP contribution < -0.4 is 4.74 Å². The Hall–Kier alpha value is -2.91. The highest BCUT2D eigenvalue weighted by molar-refractivity contribution is 5.97. The van der Waals surface area contributed by atoms with Gasteiger partial charge >= 0.3 is 0 Å². The van der Waals surface area contributed by atoms with E-state index in [9.17, 15) is 4.79 Å². The van der Waals surface area contributed by atoms with Crippen molar-refractivity contribution in [1.29, 1.82) is 0 Å². The van der Waals surface area contributed by atoms with Gasteiger partial charge in [-0.25, -0.2) is 0 Å². The fourth-order valence-corrected chi connectivity index (χ4v) is 4.20. The molecule has 0 aliphatic rings. The van der Waals surface area contributed by atoms with Crippen LogP contribution >= 0.6 is 0 Å². The molecule has 0 saturated carbocycles. The Morgan fingerprint density at radius 1 is 0.875 bits per heavy atom. The van der Waals surface area contributed by atoms with Crippen LogP contribution in [0.4, 0.5) is 0 Å². The van der Waals surface area contributed by atoms with Crippen molar-refractivity contribution in [3.05, 3.63) is 101 Å². The Bertz CT molecular complexity index is 996. The predicted molar refractivity (Wildman–Crippen MR) is 133 cm³/mol. The van der Waals surface area contributed by atoms with Crippen LogP contribution in [0.1, 0.15) is 54.2 Å². The maximum Gasteiger partial charge on any atom is 0.164 e. The monoisotopic (exact) mass is 429 g/mol. The molecule has 0 aromatic heterocycles. The van der Waals surface area contributed by atoms with E-state index < -0.39 is 5.41 Å². The molecule has 3 heteroatoms. The second kappa shape index (κ2) is 11.1. The van der Waals surface area contributed by atoms with Crippen molar-refractivity contribution in [1.82, 2.24) is 4.90 Å². The number of hydrogen-bond donors (Lipinski definition) is 0. The molecular weight excluding hydrogens is 394 g/mol. The van der Waals surface area contributed by atoms with Gasteiger partial charge in [0, 0.05) is 23.9 Å². The highest BCUT2D eigenvalue weighted by atomic mass is 16.5. The molecule has 0 fully saturated rings. The third-order valence-corrected chi connectivity index (χ3v) is 6.39. The van der Waals surface area contributed by atoms with Crippen LogP contribution in [0.5, 0.6) is 5.75 Å². The summed E-state index contributed by atoms with van der Waals surface area (Å²) in [5.41, 5.74) is 3.68. The first-order valence-corrected chi connectivity index (χ1v) is 11.6. The molecule has 0 amide bonds. The Balaban J connectivity index is 1.87. The summed E-state index contributed by atoms with van der Waals surface area (Å²) < 4.78 is 6.09. The molecule has 0 saturated heterocycles. The van der Waals surface area contributed by atoms with E-state index in [-0.39, 0.29) is 5.78 Å². The molecule has 3 aromatic rings. The summed E-state index contributed by atoms with van der Waals surface area (Å²) in [6, 6.07) is 26.2. The zero-order chi connectivity index (χ0) is 23.0. The summed E-state index contributed by atoms with van der Waals surface area (Å²) in [5.74, 6) is 1.06. The summed E-state index contributed by atoms with van der Waals surface area (Å²) in [5, 5.41) is 0. The fraction of sp³-hybridized carbons (Fsp3) is 0.345. The van der Waals surface area contributed by atoms with Crippen molar-refractivity contribution in [2.75, 3.05) is 26.2 Å². The lowest BCUT2D eigenvalue weighted by atomic mass is 9.72. The largest absolute Gasteiger partial charge is 0.492 e. The molecule has 3 rings (SSSR count). The number of Topliss-reactive ketones (excluding diaryl/α,β-unsaturated/α-hetero) is 1. The van der Waals surface area contributed by atoms with Gasteiger partial charge in [0.05, 0.1) is 0 Å². The molecule has 0 radical (unpaired) electrons. The lowest BCUT2D eigenvalue weighted by Gasteiger charge is -2.31. The van der Waals surface area contributed by atoms with Crippen molar-refractivity contribution >= 4 is 5.78 Å². The van der Waals surface area contributed by atoms with Gasteiger partial charge in [0.15, 0.2) is 5.78 Å². The molecule has 0 N–H and O–H groups in total. The van der Waals surface area contributed by atoms with Gasteiger partial charge in [-0.3, -0.25) is 4.79 Å². The molecule has 3 nitrogen and oxygen atoms in total. The Labute approximate surface area is 193 Å². The van der Waals surface area contributed by atoms with Crippen LogP contribution in [0.2, 0.25) is 0 Å². The average molecular weight is 430 g/mol. The Morgan fingerprint density at radius 2 is 1.50 bits per heavy atom. The molecule has 0 aliphatic carbocycles. The Morgan fingerprint density at radius 3 is 2.09 bits per heavy atom. The van der Waals surface area contributed by atoms with Gasteiger partial charge in [0.1, 0.15) is 12.4 Å². The maximum absolute atomic E-state index is 13.2. The Kier molecular flexibility index (Phi) is 8.24. The number of aryl methyl sites for hydroxylation is 1. The highest BCUT2D eigenvalue weighted by Crippen LogP contribution is 2.38. The number of carbonyl (C=O) groups excluding carboxylic acids is 1. The first-order valence-electron chi connectivity index (χ1n) is 11.6. The van der Waals surface area contributed by atoms with Crippen molar-refractivity contribution < 1.29 is 9.53 Å². The summed E-state index contributed by atoms with van der Waals surface area (Å²) in [4.78, 5) is 15.5. The number of carbonyl (C=O) groups is 1. The number of ether oxygens (including phenoxy) is 1. The normalized spacial score (nSPS) is 13.0. The summed E-state index contributed by atoms with van der Waals surface area (Å²) >= 11 is 0. The average Bonchev–Trinajstić information content (AvgIpc) is 2.83. The predicted octanol–water partition coefficient (Wildman–Crippen LogP) is 6.29. The van der Waals surface area contributed by atoms with Crippen molar-refractivity contribution in [2.45, 2.75) is 39.5 Å². The van der Waals surface area contributed by atoms with Crippen LogP contribution in [0.3, 0.4) is 0 Å². The van der Waals surface area contributed by atoms with E-state index in [0.29, 0.717) is 13.0 Å². The van der Waals surface area contributed by atoms with Gasteiger partial charge in [-0.2, -0.15) is 0 Å². The lowest BCUT2D eigenvalue weighted by molar-refractivity contribution is 0.0962. The van der Waals surface area contributed by atoms with Crippen LogP contribution in [0.25, 0.3) is 0 Å². The van der Waals surface area contributed by atoms with Gasteiger partial charge in [-0.05, 0) is 42.8 Å². The van der Waals surface area contributed by atoms with E-state index in [1.165, 1.54) is 0 Å². The molecule has 32 heavy (non-hydrogen) atoms. The van der Waals surface area contributed by atoms with Gasteiger partial charge in [-0.1, -0.05) is 93.6 Å². The van der Waals surface area contributed by atoms with E-state index in [0.717, 1.165) is 47.6 Å².